The minimum Gasteiger partial charge on any atom is -0.351 e. The van der Waals surface area contributed by atoms with Gasteiger partial charge < -0.3 is 4.74 Å². The fourth-order valence-electron chi connectivity index (χ4n) is 0.830. The lowest BCUT2D eigenvalue weighted by Crippen LogP contribution is -2.44. The molecule has 0 radical (unpaired) electrons. The first kappa shape index (κ1) is 9.51. The molecule has 0 saturated carbocycles. The summed E-state index contributed by atoms with van der Waals surface area (Å²) in [5.74, 6) is 0. The Balaban J connectivity index is 2.53. The maximum atomic E-state index is 5.48. The molecule has 1 aliphatic heterocycles. The molecule has 0 aromatic carbocycles. The van der Waals surface area contributed by atoms with Gasteiger partial charge in [-0.25, -0.2) is 0 Å². The molecule has 3 nitrogen and oxygen atoms in total. The second kappa shape index (κ2) is 3.89. The third kappa shape index (κ3) is 2.74. The van der Waals surface area contributed by atoms with Gasteiger partial charge in [-0.3, -0.25) is 10.3 Å². The highest BCUT2D eigenvalue weighted by Crippen LogP contribution is 2.29. The highest BCUT2D eigenvalue weighted by Gasteiger charge is 2.28. The van der Waals surface area contributed by atoms with Crippen molar-refractivity contribution in [3.63, 3.8) is 0 Å². The van der Waals surface area contributed by atoms with Gasteiger partial charge >= 0.3 is 0 Å². The van der Waals surface area contributed by atoms with Crippen molar-refractivity contribution in [1.29, 1.82) is 0 Å². The highest BCUT2D eigenvalue weighted by molar-refractivity contribution is 9.22. The van der Waals surface area contributed by atoms with Crippen molar-refractivity contribution in [1.82, 2.24) is 5.32 Å². The molecule has 1 N–H and O–H groups in total. The maximum absolute atomic E-state index is 5.48. The molecule has 0 spiro atoms. The maximum Gasteiger partial charge on any atom is 0.172 e. The molecule has 0 amide bonds. The van der Waals surface area contributed by atoms with Gasteiger partial charge in [-0.15, -0.1) is 0 Å². The van der Waals surface area contributed by atoms with Crippen molar-refractivity contribution < 1.29 is 4.74 Å². The normalized spacial score (nSPS) is 31.7. The Bertz CT molecular complexity index is 176. The van der Waals surface area contributed by atoms with Gasteiger partial charge in [0.05, 0.1) is 6.67 Å². The summed E-state index contributed by atoms with van der Waals surface area (Å²) in [5.41, 5.74) is 0. The lowest BCUT2D eigenvalue weighted by Gasteiger charge is -2.31. The van der Waals surface area contributed by atoms with Crippen LogP contribution in [0.4, 0.5) is 0 Å². The van der Waals surface area contributed by atoms with E-state index >= 15 is 0 Å². The zero-order chi connectivity index (χ0) is 8.32. The second-order valence-corrected chi connectivity index (χ2v) is 4.87. The minimum atomic E-state index is -0.310. The molecule has 0 aromatic heterocycles. The Labute approximate surface area is 79.1 Å². The predicted molar refractivity (Wildman–Crippen MR) is 52.0 cm³/mol. The van der Waals surface area contributed by atoms with Crippen molar-refractivity contribution in [3.05, 3.63) is 0 Å². The number of hydrogen-bond acceptors (Lipinski definition) is 4. The smallest absolute Gasteiger partial charge is 0.172 e. The Hall–Kier alpha value is 0.420. The number of nitrogens with one attached hydrogen (secondary N) is 1. The fraction of sp³-hybridized carbons (Fsp3) is 0.833. The summed E-state index contributed by atoms with van der Waals surface area (Å²) in [6.07, 6.45) is 0. The zero-order valence-corrected chi connectivity index (χ0v) is 8.96. The summed E-state index contributed by atoms with van der Waals surface area (Å²) in [6, 6.07) is 0. The molecule has 1 atom stereocenters. The first-order valence-electron chi connectivity index (χ1n) is 3.44. The van der Waals surface area contributed by atoms with E-state index in [1.54, 1.807) is 11.8 Å². The van der Waals surface area contributed by atoms with Gasteiger partial charge in [0, 0.05) is 6.61 Å². The van der Waals surface area contributed by atoms with E-state index in [-0.39, 0.29) is 5.06 Å². The van der Waals surface area contributed by atoms with Crippen LogP contribution in [-0.2, 0) is 4.74 Å². The van der Waals surface area contributed by atoms with Gasteiger partial charge in [-0.1, -0.05) is 0 Å². The van der Waals surface area contributed by atoms with Crippen LogP contribution in [-0.4, -0.2) is 22.3 Å². The summed E-state index contributed by atoms with van der Waals surface area (Å²) in [5, 5.41) is 2.84. The highest BCUT2D eigenvalue weighted by atomic mass is 79.9. The zero-order valence-electron chi connectivity index (χ0n) is 6.56. The average Bonchev–Trinajstić information content (AvgIpc) is 1.86. The number of aliphatic imine (C=N–C) groups is 1. The van der Waals surface area contributed by atoms with Crippen molar-refractivity contribution in [2.75, 3.05) is 13.3 Å². The molecule has 0 aliphatic carbocycles. The molecule has 1 aliphatic rings. The van der Waals surface area contributed by atoms with Crippen molar-refractivity contribution in [2.45, 2.75) is 18.9 Å². The number of thioether (sulfide) groups is 1. The fourth-order valence-corrected chi connectivity index (χ4v) is 2.65. The predicted octanol–water partition coefficient (Wildman–Crippen LogP) is 1.74. The molecule has 0 aromatic rings. The standard InChI is InChI=1S/C6H11BrN2OS/c1-3-10-6(2)9-4-8-5(7)11-6/h9H,3-4H2,1-2H3. The molecule has 1 heterocycles. The van der Waals surface area contributed by atoms with E-state index in [1.807, 2.05) is 13.8 Å². The minimum absolute atomic E-state index is 0.310. The van der Waals surface area contributed by atoms with Crippen LogP contribution < -0.4 is 5.32 Å². The van der Waals surface area contributed by atoms with Gasteiger partial charge in [0.25, 0.3) is 0 Å². The van der Waals surface area contributed by atoms with Crippen molar-refractivity contribution in [2.24, 2.45) is 4.99 Å². The lowest BCUT2D eigenvalue weighted by atomic mass is 10.6. The van der Waals surface area contributed by atoms with Gasteiger partial charge in [-0.05, 0) is 41.5 Å². The van der Waals surface area contributed by atoms with E-state index in [9.17, 15) is 0 Å². The van der Waals surface area contributed by atoms with Crippen LogP contribution in [0.5, 0.6) is 0 Å². The van der Waals surface area contributed by atoms with Crippen LogP contribution in [0.2, 0.25) is 0 Å². The van der Waals surface area contributed by atoms with Crippen LogP contribution >= 0.6 is 27.7 Å². The Kier molecular flexibility index (Phi) is 3.36. The number of halogens is 1. The molecule has 0 fully saturated rings. The van der Waals surface area contributed by atoms with Crippen LogP contribution in [0.1, 0.15) is 13.8 Å². The first-order chi connectivity index (χ1) is 5.16. The van der Waals surface area contributed by atoms with Gasteiger partial charge in [-0.2, -0.15) is 0 Å². The van der Waals surface area contributed by atoms with E-state index < -0.39 is 0 Å². The summed E-state index contributed by atoms with van der Waals surface area (Å²) in [4.78, 5) is 4.11. The summed E-state index contributed by atoms with van der Waals surface area (Å²) in [7, 11) is 0. The van der Waals surface area contributed by atoms with Gasteiger partial charge in [0.2, 0.25) is 0 Å². The van der Waals surface area contributed by atoms with Crippen LogP contribution in [0.3, 0.4) is 0 Å². The van der Waals surface area contributed by atoms with E-state index in [0.717, 1.165) is 3.95 Å². The third-order valence-electron chi connectivity index (χ3n) is 1.30. The third-order valence-corrected chi connectivity index (χ3v) is 2.99. The van der Waals surface area contributed by atoms with Crippen molar-refractivity contribution >= 4 is 31.6 Å². The molecule has 64 valence electrons. The number of ether oxygens (including phenoxy) is 1. The Morgan fingerprint density at radius 1 is 1.91 bits per heavy atom. The SMILES string of the molecule is CCOC1(C)NCN=C(Br)S1. The number of hydrogen-bond donors (Lipinski definition) is 1. The lowest BCUT2D eigenvalue weighted by molar-refractivity contribution is 0.0239. The molecule has 1 rings (SSSR count). The molecular weight excluding hydrogens is 228 g/mol. The average molecular weight is 239 g/mol. The van der Waals surface area contributed by atoms with Crippen LogP contribution in [0, 0.1) is 0 Å². The molecule has 0 saturated heterocycles. The first-order valence-corrected chi connectivity index (χ1v) is 5.05. The van der Waals surface area contributed by atoms with Gasteiger partial charge in [0.1, 0.15) is 3.95 Å². The molecule has 11 heavy (non-hydrogen) atoms. The second-order valence-electron chi connectivity index (χ2n) is 2.23. The van der Waals surface area contributed by atoms with Crippen LogP contribution in [0.15, 0.2) is 4.99 Å². The number of rotatable bonds is 2. The Morgan fingerprint density at radius 3 is 3.18 bits per heavy atom. The van der Waals surface area contributed by atoms with E-state index in [0.29, 0.717) is 13.3 Å². The Morgan fingerprint density at radius 2 is 2.64 bits per heavy atom. The summed E-state index contributed by atoms with van der Waals surface area (Å²) in [6.45, 7) is 5.30. The molecule has 5 heteroatoms. The van der Waals surface area contributed by atoms with Crippen molar-refractivity contribution in [3.8, 4) is 0 Å². The van der Waals surface area contributed by atoms with Gasteiger partial charge in [0.15, 0.2) is 5.06 Å². The molecule has 1 unspecified atom stereocenters. The topological polar surface area (TPSA) is 33.6 Å². The molecular formula is C6H11BrN2OS. The van der Waals surface area contributed by atoms with E-state index in [1.165, 1.54) is 0 Å². The largest absolute Gasteiger partial charge is 0.351 e. The quantitative estimate of drug-likeness (QED) is 0.796. The van der Waals surface area contributed by atoms with E-state index in [4.69, 9.17) is 4.74 Å². The summed E-state index contributed by atoms with van der Waals surface area (Å²) >= 11 is 4.87. The number of nitrogens with zero attached hydrogens (tertiary/aromatic N) is 1. The van der Waals surface area contributed by atoms with E-state index in [2.05, 4.69) is 26.2 Å². The monoisotopic (exact) mass is 238 g/mol. The molecule has 0 bridgehead atoms. The summed E-state index contributed by atoms with van der Waals surface area (Å²) < 4.78 is 6.38. The van der Waals surface area contributed by atoms with Crippen LogP contribution in [0.25, 0.3) is 0 Å².